The molecule has 1 fully saturated rings. The van der Waals surface area contributed by atoms with Gasteiger partial charge in [0.25, 0.3) is 0 Å². The average molecular weight is 345 g/mol. The topological polar surface area (TPSA) is 169 Å². The maximum Gasteiger partial charge on any atom is 1.00 e. The van der Waals surface area contributed by atoms with Gasteiger partial charge in [0.05, 0.1) is 18.8 Å². The van der Waals surface area contributed by atoms with Crippen molar-refractivity contribution in [3.63, 3.8) is 0 Å². The molecule has 0 aromatic rings. The summed E-state index contributed by atoms with van der Waals surface area (Å²) in [7, 11) is 1.01. The van der Waals surface area contributed by atoms with Crippen LogP contribution in [-0.4, -0.2) is 82.3 Å². The maximum atomic E-state index is 11.2. The third kappa shape index (κ3) is 5.08. The van der Waals surface area contributed by atoms with Crippen LogP contribution in [0.15, 0.2) is 0 Å². The Morgan fingerprint density at radius 3 is 2.43 bits per heavy atom. The van der Waals surface area contributed by atoms with Crippen LogP contribution < -0.4 is 40.0 Å². The van der Waals surface area contributed by atoms with Crippen molar-refractivity contribution >= 4 is 11.9 Å². The van der Waals surface area contributed by atoms with Gasteiger partial charge in [0.1, 0.15) is 24.3 Å². The number of carbonyl (C=O) groups excluding carboxylic acids is 2. The van der Waals surface area contributed by atoms with Crippen LogP contribution >= 0.6 is 0 Å². The Morgan fingerprint density at radius 1 is 1.48 bits per heavy atom. The Bertz CT molecular complexity index is 423. The minimum Gasteiger partial charge on any atom is -0.544 e. The van der Waals surface area contributed by atoms with Gasteiger partial charge in [0, 0.05) is 20.5 Å². The van der Waals surface area contributed by atoms with E-state index in [0.717, 1.165) is 14.0 Å². The van der Waals surface area contributed by atoms with E-state index in [1.54, 1.807) is 0 Å². The second-order valence-electron chi connectivity index (χ2n) is 5.07. The van der Waals surface area contributed by atoms with Gasteiger partial charge in [-0.15, -0.1) is 0 Å². The van der Waals surface area contributed by atoms with E-state index in [1.165, 1.54) is 0 Å². The van der Waals surface area contributed by atoms with E-state index < -0.39 is 61.1 Å². The molecule has 10 nitrogen and oxygen atoms in total. The monoisotopic (exact) mass is 345 g/mol. The number of aliphatic hydroxyl groups excluding tert-OH is 4. The van der Waals surface area contributed by atoms with Gasteiger partial charge in [-0.1, -0.05) is 0 Å². The molecule has 1 aliphatic heterocycles. The zero-order chi connectivity index (χ0) is 17.1. The average Bonchev–Trinajstić information content (AvgIpc) is 2.46. The van der Waals surface area contributed by atoms with Crippen LogP contribution in [0, 0.1) is 0 Å². The van der Waals surface area contributed by atoms with E-state index in [4.69, 9.17) is 14.6 Å². The molecule has 128 valence electrons. The molecule has 0 aliphatic carbocycles. The minimum atomic E-state index is -2.35. The largest absolute Gasteiger partial charge is 1.00 e. The molecular weight excluding hydrogens is 325 g/mol. The predicted molar refractivity (Wildman–Crippen MR) is 66.9 cm³/mol. The van der Waals surface area contributed by atoms with Crippen LogP contribution in [0.2, 0.25) is 0 Å². The fourth-order valence-corrected chi connectivity index (χ4v) is 2.33. The molecule has 1 amide bonds. The quantitative estimate of drug-likeness (QED) is 0.294. The summed E-state index contributed by atoms with van der Waals surface area (Å²) >= 11 is 0. The number of carboxylic acids is 1. The van der Waals surface area contributed by atoms with Crippen molar-refractivity contribution < 1.29 is 74.2 Å². The fourth-order valence-electron chi connectivity index (χ4n) is 2.33. The smallest absolute Gasteiger partial charge is 0.544 e. The Labute approximate surface area is 154 Å². The number of amides is 1. The SMILES string of the molecule is CO[C@]1(C(=O)[O-])C[C@H](O)[C@@H](NC(C)=O)[C@H]([C@@H](O)[C@H](O)CO)O1.[Na+]. The molecule has 1 heterocycles. The molecule has 11 heteroatoms. The van der Waals surface area contributed by atoms with Gasteiger partial charge >= 0.3 is 29.6 Å². The maximum absolute atomic E-state index is 11.2. The van der Waals surface area contributed by atoms with Crippen LogP contribution in [0.25, 0.3) is 0 Å². The molecule has 0 aromatic heterocycles. The van der Waals surface area contributed by atoms with E-state index >= 15 is 0 Å². The van der Waals surface area contributed by atoms with Gasteiger partial charge in [0.15, 0.2) is 0 Å². The zero-order valence-corrected chi connectivity index (χ0v) is 15.1. The Balaban J connectivity index is 0.00000484. The molecule has 0 aromatic carbocycles. The van der Waals surface area contributed by atoms with Crippen LogP contribution in [-0.2, 0) is 19.1 Å². The van der Waals surface area contributed by atoms with E-state index in [-0.39, 0.29) is 29.6 Å². The summed E-state index contributed by atoms with van der Waals surface area (Å²) in [6.45, 7) is 0.310. The summed E-state index contributed by atoms with van der Waals surface area (Å²) < 4.78 is 9.92. The molecule has 0 bridgehead atoms. The summed E-state index contributed by atoms with van der Waals surface area (Å²) in [6, 6.07) is -1.21. The zero-order valence-electron chi connectivity index (χ0n) is 13.1. The first-order valence-electron chi connectivity index (χ1n) is 6.55. The van der Waals surface area contributed by atoms with Crippen LogP contribution in [0.5, 0.6) is 0 Å². The van der Waals surface area contributed by atoms with Crippen molar-refractivity contribution in [3.05, 3.63) is 0 Å². The van der Waals surface area contributed by atoms with Crippen LogP contribution in [0.4, 0.5) is 0 Å². The van der Waals surface area contributed by atoms with Crippen molar-refractivity contribution in [1.82, 2.24) is 5.32 Å². The van der Waals surface area contributed by atoms with E-state index in [0.29, 0.717) is 0 Å². The van der Waals surface area contributed by atoms with Gasteiger partial charge in [-0.25, -0.2) is 0 Å². The Hall–Kier alpha value is -0.300. The summed E-state index contributed by atoms with van der Waals surface area (Å²) in [5, 5.41) is 52.0. The first kappa shape index (κ1) is 22.7. The molecule has 6 atom stereocenters. The molecular formula is C12H20NNaO9. The van der Waals surface area contributed by atoms with E-state index in [1.807, 2.05) is 0 Å². The van der Waals surface area contributed by atoms with Crippen molar-refractivity contribution in [1.29, 1.82) is 0 Å². The number of aliphatic hydroxyl groups is 4. The number of rotatable bonds is 6. The third-order valence-corrected chi connectivity index (χ3v) is 3.50. The third-order valence-electron chi connectivity index (χ3n) is 3.50. The molecule has 1 aliphatic rings. The van der Waals surface area contributed by atoms with Crippen molar-refractivity contribution in [2.45, 2.75) is 49.6 Å². The van der Waals surface area contributed by atoms with E-state index in [9.17, 15) is 30.0 Å². The van der Waals surface area contributed by atoms with Crippen molar-refractivity contribution in [3.8, 4) is 0 Å². The number of hydrogen-bond donors (Lipinski definition) is 5. The number of carbonyl (C=O) groups is 2. The normalized spacial score (nSPS) is 33.2. The van der Waals surface area contributed by atoms with Crippen molar-refractivity contribution in [2.75, 3.05) is 13.7 Å². The number of hydrogen-bond acceptors (Lipinski definition) is 9. The van der Waals surface area contributed by atoms with Gasteiger partial charge in [0.2, 0.25) is 11.7 Å². The summed E-state index contributed by atoms with van der Waals surface area (Å²) in [5.74, 6) is -4.71. The van der Waals surface area contributed by atoms with Crippen LogP contribution in [0.3, 0.4) is 0 Å². The first-order chi connectivity index (χ1) is 10.2. The van der Waals surface area contributed by atoms with Gasteiger partial charge in [-0.05, 0) is 0 Å². The Morgan fingerprint density at radius 2 is 2.04 bits per heavy atom. The number of methoxy groups -OCH3 is 1. The van der Waals surface area contributed by atoms with Crippen molar-refractivity contribution in [2.24, 2.45) is 0 Å². The molecule has 5 N–H and O–H groups in total. The fraction of sp³-hybridized carbons (Fsp3) is 0.833. The standard InChI is InChI=1S/C12H21NO9.Na/c1-5(15)13-8-6(16)3-12(21-2,11(19)20)22-10(8)9(18)7(17)4-14;/h6-10,14,16-18H,3-4H2,1-2H3,(H,13,15)(H,19,20);/q;+1/p-1/t6-,7+,8+,9-,10+,12+;/m0./s1. The summed E-state index contributed by atoms with van der Waals surface area (Å²) in [4.78, 5) is 22.4. The number of nitrogens with one attached hydrogen (secondary N) is 1. The van der Waals surface area contributed by atoms with Gasteiger partial charge < -0.3 is 45.1 Å². The van der Waals surface area contributed by atoms with Gasteiger partial charge in [-0.3, -0.25) is 4.79 Å². The second kappa shape index (κ2) is 9.25. The summed E-state index contributed by atoms with van der Waals surface area (Å²) in [6.07, 6.45) is -7.03. The van der Waals surface area contributed by atoms with E-state index in [2.05, 4.69) is 5.32 Å². The Kier molecular flexibility index (Phi) is 9.13. The molecule has 1 rings (SSSR count). The molecule has 0 spiro atoms. The number of ether oxygens (including phenoxy) is 2. The van der Waals surface area contributed by atoms with Crippen LogP contribution in [0.1, 0.15) is 13.3 Å². The molecule has 0 unspecified atom stereocenters. The molecule has 0 radical (unpaired) electrons. The predicted octanol–water partition coefficient (Wildman–Crippen LogP) is -7.55. The second-order valence-corrected chi connectivity index (χ2v) is 5.07. The molecule has 1 saturated heterocycles. The molecule has 23 heavy (non-hydrogen) atoms. The first-order valence-corrected chi connectivity index (χ1v) is 6.55. The molecule has 0 saturated carbocycles. The minimum absolute atomic E-state index is 0. The number of aliphatic carboxylic acids is 1. The van der Waals surface area contributed by atoms with Gasteiger partial charge in [-0.2, -0.15) is 0 Å². The number of carboxylic acid groups (broad SMARTS) is 1. The summed E-state index contributed by atoms with van der Waals surface area (Å²) in [5.41, 5.74) is 0.